The largest absolute Gasteiger partial charge is 0.378 e. The van der Waals surface area contributed by atoms with Crippen molar-refractivity contribution in [2.75, 3.05) is 31.2 Å². The number of primary amides is 1. The van der Waals surface area contributed by atoms with Crippen molar-refractivity contribution >= 4 is 21.7 Å². The van der Waals surface area contributed by atoms with Gasteiger partial charge in [-0.25, -0.2) is 0 Å². The minimum absolute atomic E-state index is 0.0741. The van der Waals surface area contributed by atoms with E-state index in [2.05, 4.69) is 4.90 Å². The predicted octanol–water partition coefficient (Wildman–Crippen LogP) is 1.56. The second-order valence-electron chi connectivity index (χ2n) is 5.27. The fourth-order valence-electron chi connectivity index (χ4n) is 2.35. The highest BCUT2D eigenvalue weighted by molar-refractivity contribution is 7.85. The second kappa shape index (κ2) is 8.61. The number of benzene rings is 2. The van der Waals surface area contributed by atoms with Crippen LogP contribution in [0.25, 0.3) is 0 Å². The van der Waals surface area contributed by atoms with E-state index in [1.54, 1.807) is 24.3 Å². The normalized spacial score (nSPS) is 14.4. The van der Waals surface area contributed by atoms with Crippen molar-refractivity contribution in [2.24, 2.45) is 5.73 Å². The summed E-state index contributed by atoms with van der Waals surface area (Å²) in [5.41, 5.74) is 6.82. The van der Waals surface area contributed by atoms with Crippen LogP contribution in [0.15, 0.2) is 59.5 Å². The second-order valence-corrected chi connectivity index (χ2v) is 6.69. The topological polar surface area (TPSA) is 110 Å². The Bertz CT molecular complexity index is 803. The Balaban J connectivity index is 0.000000196. The third-order valence-electron chi connectivity index (χ3n) is 3.56. The molecule has 3 N–H and O–H groups in total. The number of morpholine rings is 1. The summed E-state index contributed by atoms with van der Waals surface area (Å²) in [5.74, 6) is -0.378. The van der Waals surface area contributed by atoms with Crippen molar-refractivity contribution in [3.63, 3.8) is 0 Å². The molecule has 0 radical (unpaired) electrons. The average molecular weight is 364 g/mol. The Morgan fingerprint density at radius 3 is 2.08 bits per heavy atom. The van der Waals surface area contributed by atoms with Crippen LogP contribution in [0.2, 0.25) is 0 Å². The third kappa shape index (κ3) is 5.56. The highest BCUT2D eigenvalue weighted by Crippen LogP contribution is 2.20. The molecule has 8 heteroatoms. The Labute approximate surface area is 146 Å². The van der Waals surface area contributed by atoms with Gasteiger partial charge in [0.15, 0.2) is 0 Å². The Hall–Kier alpha value is -2.42. The smallest absolute Gasteiger partial charge is 0.294 e. The first-order valence-electron chi connectivity index (χ1n) is 7.63. The van der Waals surface area contributed by atoms with Gasteiger partial charge >= 0.3 is 0 Å². The lowest BCUT2D eigenvalue weighted by Gasteiger charge is -2.29. The van der Waals surface area contributed by atoms with Crippen molar-refractivity contribution < 1.29 is 22.5 Å². The summed E-state index contributed by atoms with van der Waals surface area (Å²) in [7, 11) is -4.00. The molecule has 0 atom stereocenters. The minimum atomic E-state index is -4.00. The van der Waals surface area contributed by atoms with E-state index in [9.17, 15) is 13.2 Å². The van der Waals surface area contributed by atoms with Gasteiger partial charge in [-0.05, 0) is 24.3 Å². The zero-order valence-corrected chi connectivity index (χ0v) is 14.4. The standard InChI is InChI=1S/C11H14N2O2.C6H6O3S/c12-11(14)9-3-1-2-4-10(9)13-5-7-15-8-6-13;7-10(8,9)6-4-2-1-3-5-6/h1-4H,5-8H2,(H2,12,14);1-5H,(H,7,8,9). The van der Waals surface area contributed by atoms with Crippen LogP contribution in [0, 0.1) is 0 Å². The molecule has 2 aromatic rings. The summed E-state index contributed by atoms with van der Waals surface area (Å²) in [6.07, 6.45) is 0. The lowest BCUT2D eigenvalue weighted by molar-refractivity contribution is 0.0998. The Kier molecular flexibility index (Phi) is 6.51. The number of carbonyl (C=O) groups is 1. The average Bonchev–Trinajstić information content (AvgIpc) is 2.63. The predicted molar refractivity (Wildman–Crippen MR) is 94.2 cm³/mol. The lowest BCUT2D eigenvalue weighted by Crippen LogP contribution is -2.37. The Morgan fingerprint density at radius 2 is 1.56 bits per heavy atom. The number of ether oxygens (including phenoxy) is 1. The van der Waals surface area contributed by atoms with Crippen LogP contribution in [0.5, 0.6) is 0 Å². The molecule has 134 valence electrons. The first-order valence-corrected chi connectivity index (χ1v) is 9.07. The van der Waals surface area contributed by atoms with Crippen LogP contribution in [0.1, 0.15) is 10.4 Å². The molecule has 0 aliphatic carbocycles. The number of carbonyl (C=O) groups excluding carboxylic acids is 1. The number of nitrogens with zero attached hydrogens (tertiary/aromatic N) is 1. The summed E-state index contributed by atoms with van der Waals surface area (Å²) in [4.78, 5) is 13.3. The number of hydrogen-bond acceptors (Lipinski definition) is 5. The van der Waals surface area contributed by atoms with Gasteiger partial charge in [-0.15, -0.1) is 0 Å². The molecular weight excluding hydrogens is 344 g/mol. The van der Waals surface area contributed by atoms with Gasteiger partial charge in [0.05, 0.1) is 23.7 Å². The summed E-state index contributed by atoms with van der Waals surface area (Å²) >= 11 is 0. The van der Waals surface area contributed by atoms with Gasteiger partial charge in [0.25, 0.3) is 16.0 Å². The SMILES string of the molecule is NC(=O)c1ccccc1N1CCOCC1.O=S(=O)(O)c1ccccc1. The molecule has 0 unspecified atom stereocenters. The molecule has 1 fully saturated rings. The molecule has 7 nitrogen and oxygen atoms in total. The number of hydrogen-bond donors (Lipinski definition) is 2. The number of nitrogens with two attached hydrogens (primary N) is 1. The van der Waals surface area contributed by atoms with Gasteiger partial charge < -0.3 is 15.4 Å². The van der Waals surface area contributed by atoms with Crippen molar-refractivity contribution in [1.29, 1.82) is 0 Å². The third-order valence-corrected chi connectivity index (χ3v) is 4.43. The maximum Gasteiger partial charge on any atom is 0.294 e. The van der Waals surface area contributed by atoms with Crippen molar-refractivity contribution in [3.05, 3.63) is 60.2 Å². The van der Waals surface area contributed by atoms with E-state index in [1.807, 2.05) is 18.2 Å². The van der Waals surface area contributed by atoms with Crippen LogP contribution < -0.4 is 10.6 Å². The van der Waals surface area contributed by atoms with Gasteiger partial charge in [-0.1, -0.05) is 30.3 Å². The van der Waals surface area contributed by atoms with Crippen LogP contribution in [0.4, 0.5) is 5.69 Å². The van der Waals surface area contributed by atoms with Gasteiger partial charge in [-0.3, -0.25) is 9.35 Å². The molecule has 1 aliphatic heterocycles. The fourth-order valence-corrected chi connectivity index (χ4v) is 2.86. The van der Waals surface area contributed by atoms with E-state index in [0.29, 0.717) is 18.8 Å². The number of rotatable bonds is 3. The number of anilines is 1. The van der Waals surface area contributed by atoms with Crippen LogP contribution >= 0.6 is 0 Å². The first kappa shape index (κ1) is 18.9. The number of amides is 1. The molecule has 1 amide bonds. The van der Waals surface area contributed by atoms with E-state index in [-0.39, 0.29) is 10.8 Å². The molecule has 1 saturated heterocycles. The van der Waals surface area contributed by atoms with Crippen molar-refractivity contribution in [1.82, 2.24) is 0 Å². The first-order chi connectivity index (χ1) is 11.9. The maximum atomic E-state index is 11.2. The van der Waals surface area contributed by atoms with Crippen LogP contribution in [0.3, 0.4) is 0 Å². The molecule has 25 heavy (non-hydrogen) atoms. The van der Waals surface area contributed by atoms with E-state index in [1.165, 1.54) is 12.1 Å². The molecule has 3 rings (SSSR count). The van der Waals surface area contributed by atoms with E-state index >= 15 is 0 Å². The molecule has 1 heterocycles. The molecule has 0 saturated carbocycles. The molecule has 0 spiro atoms. The highest BCUT2D eigenvalue weighted by atomic mass is 32.2. The van der Waals surface area contributed by atoms with Crippen LogP contribution in [-0.4, -0.2) is 45.2 Å². The maximum absolute atomic E-state index is 11.2. The van der Waals surface area contributed by atoms with Gasteiger partial charge in [0.2, 0.25) is 0 Å². The van der Waals surface area contributed by atoms with Gasteiger partial charge in [0, 0.05) is 18.8 Å². The van der Waals surface area contributed by atoms with Crippen molar-refractivity contribution in [3.8, 4) is 0 Å². The van der Waals surface area contributed by atoms with Crippen LogP contribution in [-0.2, 0) is 14.9 Å². The Morgan fingerprint density at radius 1 is 1.00 bits per heavy atom. The molecule has 1 aliphatic rings. The van der Waals surface area contributed by atoms with Crippen molar-refractivity contribution in [2.45, 2.75) is 4.90 Å². The molecular formula is C17H20N2O5S. The molecule has 0 aromatic heterocycles. The zero-order chi connectivity index (χ0) is 18.3. The quantitative estimate of drug-likeness (QED) is 0.800. The van der Waals surface area contributed by atoms with E-state index in [4.69, 9.17) is 15.0 Å². The summed E-state index contributed by atoms with van der Waals surface area (Å²) < 4.78 is 34.5. The van der Waals surface area contributed by atoms with E-state index in [0.717, 1.165) is 18.8 Å². The van der Waals surface area contributed by atoms with E-state index < -0.39 is 10.1 Å². The minimum Gasteiger partial charge on any atom is -0.378 e. The van der Waals surface area contributed by atoms with Gasteiger partial charge in [0.1, 0.15) is 0 Å². The monoisotopic (exact) mass is 364 g/mol. The molecule has 2 aromatic carbocycles. The summed E-state index contributed by atoms with van der Waals surface area (Å²) in [6, 6.07) is 14.8. The molecule has 0 bridgehead atoms. The van der Waals surface area contributed by atoms with Gasteiger partial charge in [-0.2, -0.15) is 8.42 Å². The highest BCUT2D eigenvalue weighted by Gasteiger charge is 2.16. The fraction of sp³-hybridized carbons (Fsp3) is 0.235. The lowest BCUT2D eigenvalue weighted by atomic mass is 10.1. The number of para-hydroxylation sites is 1. The summed E-state index contributed by atoms with van der Waals surface area (Å²) in [5, 5.41) is 0. The summed E-state index contributed by atoms with van der Waals surface area (Å²) in [6.45, 7) is 3.02. The zero-order valence-electron chi connectivity index (χ0n) is 13.5.